The van der Waals surface area contributed by atoms with Gasteiger partial charge >= 0.3 is 0 Å². The molecule has 0 radical (unpaired) electrons. The molecule has 3 atom stereocenters. The molecular formula is C23H36F2N6O. The highest BCUT2D eigenvalue weighted by molar-refractivity contribution is 5.69. The highest BCUT2D eigenvalue weighted by Gasteiger charge is 2.44. The van der Waals surface area contributed by atoms with Crippen LogP contribution in [0, 0.1) is 5.92 Å². The molecule has 7 nitrogen and oxygen atoms in total. The minimum absolute atomic E-state index is 0.0780. The van der Waals surface area contributed by atoms with Crippen LogP contribution in [0.5, 0.6) is 5.75 Å². The molecule has 8 N–H and O–H groups in total. The van der Waals surface area contributed by atoms with Crippen LogP contribution in [0.1, 0.15) is 31.7 Å². The van der Waals surface area contributed by atoms with Gasteiger partial charge in [0.1, 0.15) is 11.6 Å². The Kier molecular flexibility index (Phi) is 7.51. The first-order valence-corrected chi connectivity index (χ1v) is 11.2. The first kappa shape index (κ1) is 24.1. The standard InChI is InChI=1S/C23H36F2N6O/c1-15(23(24,25)9-10-29-2)12-31-16-7-8-17(31)14-30(13-16)20(22(27)28)11-19(26)18-5-3-4-6-21(18)32/h3-6,11,15-17,29,32H,7-10,12-14,26-28H2,1-2H3/b19-11-. The molecule has 32 heavy (non-hydrogen) atoms. The monoisotopic (exact) mass is 450 g/mol. The van der Waals surface area contributed by atoms with Crippen molar-refractivity contribution in [3.8, 4) is 5.75 Å². The van der Waals surface area contributed by atoms with E-state index in [1.165, 1.54) is 0 Å². The zero-order valence-corrected chi connectivity index (χ0v) is 18.9. The van der Waals surface area contributed by atoms with Crippen LogP contribution in [0.15, 0.2) is 41.9 Å². The zero-order valence-electron chi connectivity index (χ0n) is 18.9. The van der Waals surface area contributed by atoms with E-state index < -0.39 is 11.8 Å². The summed E-state index contributed by atoms with van der Waals surface area (Å²) in [5, 5.41) is 12.9. The fraction of sp³-hybridized carbons (Fsp3) is 0.565. The minimum atomic E-state index is -2.71. The number of hydrogen-bond donors (Lipinski definition) is 5. The number of nitrogens with one attached hydrogen (secondary N) is 1. The van der Waals surface area contributed by atoms with Crippen LogP contribution in [0.25, 0.3) is 5.70 Å². The molecule has 2 aliphatic heterocycles. The number of piperazine rings is 1. The molecule has 2 fully saturated rings. The van der Waals surface area contributed by atoms with E-state index in [0.29, 0.717) is 43.1 Å². The highest BCUT2D eigenvalue weighted by Crippen LogP contribution is 2.36. The second-order valence-corrected chi connectivity index (χ2v) is 8.96. The summed E-state index contributed by atoms with van der Waals surface area (Å²) in [4.78, 5) is 4.32. The van der Waals surface area contributed by atoms with Crippen molar-refractivity contribution >= 4 is 5.70 Å². The number of halogens is 2. The number of likely N-dealkylation sites (tertiary alicyclic amines) is 1. The Hall–Kier alpha value is -2.52. The zero-order chi connectivity index (χ0) is 23.5. The predicted molar refractivity (Wildman–Crippen MR) is 123 cm³/mol. The molecule has 0 aliphatic carbocycles. The lowest BCUT2D eigenvalue weighted by Gasteiger charge is -2.44. The van der Waals surface area contributed by atoms with Crippen molar-refractivity contribution in [1.82, 2.24) is 15.1 Å². The summed E-state index contributed by atoms with van der Waals surface area (Å²) in [7, 11) is 1.69. The molecule has 178 valence electrons. The molecule has 0 aromatic heterocycles. The summed E-state index contributed by atoms with van der Waals surface area (Å²) >= 11 is 0. The summed E-state index contributed by atoms with van der Waals surface area (Å²) in [5.74, 6) is -3.21. The minimum Gasteiger partial charge on any atom is -0.507 e. The third-order valence-electron chi connectivity index (χ3n) is 6.69. The molecule has 2 aliphatic rings. The number of rotatable bonds is 9. The second-order valence-electron chi connectivity index (χ2n) is 8.96. The Balaban J connectivity index is 1.73. The second kappa shape index (κ2) is 9.95. The summed E-state index contributed by atoms with van der Waals surface area (Å²) < 4.78 is 29.0. The number of allylic oxidation sites excluding steroid dienone is 1. The molecule has 0 amide bonds. The van der Waals surface area contributed by atoms with E-state index in [0.717, 1.165) is 12.8 Å². The van der Waals surface area contributed by atoms with Gasteiger partial charge in [0.15, 0.2) is 0 Å². The van der Waals surface area contributed by atoms with Crippen LogP contribution >= 0.6 is 0 Å². The maximum atomic E-state index is 14.5. The van der Waals surface area contributed by atoms with E-state index in [4.69, 9.17) is 17.2 Å². The van der Waals surface area contributed by atoms with Crippen LogP contribution in [0.3, 0.4) is 0 Å². The summed E-state index contributed by atoms with van der Waals surface area (Å²) in [6.45, 7) is 3.59. The number of nitrogens with two attached hydrogens (primary N) is 3. The first-order valence-electron chi connectivity index (χ1n) is 11.2. The van der Waals surface area contributed by atoms with Gasteiger partial charge < -0.3 is 32.5 Å². The van der Waals surface area contributed by atoms with Gasteiger partial charge in [-0.05, 0) is 38.1 Å². The first-order chi connectivity index (χ1) is 15.1. The molecule has 2 bridgehead atoms. The number of para-hydroxylation sites is 1. The van der Waals surface area contributed by atoms with Gasteiger partial charge in [0.2, 0.25) is 0 Å². The molecule has 3 rings (SSSR count). The number of fused-ring (bicyclic) bond motifs is 2. The Morgan fingerprint density at radius 2 is 1.84 bits per heavy atom. The molecule has 0 spiro atoms. The van der Waals surface area contributed by atoms with Gasteiger partial charge in [-0.15, -0.1) is 0 Å². The fourth-order valence-corrected chi connectivity index (χ4v) is 4.77. The quantitative estimate of drug-likeness (QED) is 0.364. The van der Waals surface area contributed by atoms with Crippen LogP contribution in [-0.2, 0) is 0 Å². The van der Waals surface area contributed by atoms with Crippen molar-refractivity contribution in [2.75, 3.05) is 33.2 Å². The largest absolute Gasteiger partial charge is 0.507 e. The molecule has 0 saturated carbocycles. The molecule has 2 saturated heterocycles. The maximum Gasteiger partial charge on any atom is 0.253 e. The van der Waals surface area contributed by atoms with E-state index in [1.807, 2.05) is 0 Å². The van der Waals surface area contributed by atoms with Crippen LogP contribution in [0.2, 0.25) is 0 Å². The van der Waals surface area contributed by atoms with E-state index in [-0.39, 0.29) is 30.1 Å². The predicted octanol–water partition coefficient (Wildman–Crippen LogP) is 1.81. The van der Waals surface area contributed by atoms with Crippen LogP contribution in [0.4, 0.5) is 8.78 Å². The smallest absolute Gasteiger partial charge is 0.253 e. The van der Waals surface area contributed by atoms with Crippen molar-refractivity contribution in [2.45, 2.75) is 44.2 Å². The average molecular weight is 451 g/mol. The van der Waals surface area contributed by atoms with Crippen LogP contribution < -0.4 is 22.5 Å². The lowest BCUT2D eigenvalue weighted by Crippen LogP contribution is -2.55. The van der Waals surface area contributed by atoms with Gasteiger partial charge in [-0.1, -0.05) is 19.1 Å². The van der Waals surface area contributed by atoms with Crippen molar-refractivity contribution in [3.63, 3.8) is 0 Å². The van der Waals surface area contributed by atoms with Crippen molar-refractivity contribution in [2.24, 2.45) is 23.1 Å². The van der Waals surface area contributed by atoms with Gasteiger partial charge in [-0.2, -0.15) is 0 Å². The fourth-order valence-electron chi connectivity index (χ4n) is 4.77. The number of phenols is 1. The number of phenolic OH excluding ortho intramolecular Hbond substituents is 1. The SMILES string of the molecule is CNCCC(F)(F)C(C)CN1C2CCC1CN(C(/C=C(\N)c1ccccc1O)=C(N)N)C2. The van der Waals surface area contributed by atoms with Gasteiger partial charge in [-0.25, -0.2) is 8.78 Å². The molecule has 1 aromatic carbocycles. The Morgan fingerprint density at radius 3 is 2.41 bits per heavy atom. The lowest BCUT2D eigenvalue weighted by atomic mass is 9.98. The number of alkyl halides is 2. The van der Waals surface area contributed by atoms with Crippen LogP contribution in [-0.4, -0.2) is 66.1 Å². The van der Waals surface area contributed by atoms with Crippen molar-refractivity contribution in [3.05, 3.63) is 47.4 Å². The normalized spacial score (nSPS) is 22.8. The third kappa shape index (κ3) is 5.27. The van der Waals surface area contributed by atoms with Crippen molar-refractivity contribution < 1.29 is 13.9 Å². The van der Waals surface area contributed by atoms with Gasteiger partial charge in [0.25, 0.3) is 5.92 Å². The van der Waals surface area contributed by atoms with Gasteiger partial charge in [0.05, 0.1) is 5.70 Å². The highest BCUT2D eigenvalue weighted by atomic mass is 19.3. The average Bonchev–Trinajstić information content (AvgIpc) is 2.97. The Morgan fingerprint density at radius 1 is 1.22 bits per heavy atom. The van der Waals surface area contributed by atoms with E-state index in [9.17, 15) is 13.9 Å². The summed E-state index contributed by atoms with van der Waals surface area (Å²) in [6, 6.07) is 7.12. The number of benzene rings is 1. The molecule has 3 unspecified atom stereocenters. The Labute approximate surface area is 188 Å². The summed E-state index contributed by atoms with van der Waals surface area (Å²) in [5.41, 5.74) is 19.7. The van der Waals surface area contributed by atoms with Gasteiger partial charge in [0, 0.05) is 61.9 Å². The number of hydrogen-bond acceptors (Lipinski definition) is 7. The van der Waals surface area contributed by atoms with E-state index >= 15 is 0 Å². The number of aromatic hydroxyl groups is 1. The van der Waals surface area contributed by atoms with E-state index in [2.05, 4.69) is 15.1 Å². The molecule has 1 aromatic rings. The topological polar surface area (TPSA) is 117 Å². The summed E-state index contributed by atoms with van der Waals surface area (Å²) in [6.07, 6.45) is 3.43. The lowest BCUT2D eigenvalue weighted by molar-refractivity contribution is -0.0761. The molecule has 2 heterocycles. The Bertz CT molecular complexity index is 841. The van der Waals surface area contributed by atoms with E-state index in [1.54, 1.807) is 44.3 Å². The van der Waals surface area contributed by atoms with Crippen molar-refractivity contribution in [1.29, 1.82) is 0 Å². The molecule has 9 heteroatoms. The van der Waals surface area contributed by atoms with Gasteiger partial charge in [-0.3, -0.25) is 4.90 Å². The number of nitrogens with zero attached hydrogens (tertiary/aromatic N) is 2. The third-order valence-corrected chi connectivity index (χ3v) is 6.69. The maximum absolute atomic E-state index is 14.5. The molecular weight excluding hydrogens is 414 g/mol.